The van der Waals surface area contributed by atoms with E-state index in [9.17, 15) is 0 Å². The molecule has 0 spiro atoms. The predicted molar refractivity (Wildman–Crippen MR) is 126 cm³/mol. The molecule has 0 radical (unpaired) electrons. The summed E-state index contributed by atoms with van der Waals surface area (Å²) in [6.45, 7) is 2.01. The highest BCUT2D eigenvalue weighted by Crippen LogP contribution is 2.42. The Morgan fingerprint density at radius 3 is 2.33 bits per heavy atom. The van der Waals surface area contributed by atoms with Gasteiger partial charge in [0.2, 0.25) is 0 Å². The number of ether oxygens (including phenoxy) is 3. The molecule has 2 aromatic carbocycles. The summed E-state index contributed by atoms with van der Waals surface area (Å²) in [5.41, 5.74) is 4.83. The van der Waals surface area contributed by atoms with Crippen LogP contribution in [0.15, 0.2) is 70.3 Å². The van der Waals surface area contributed by atoms with Crippen molar-refractivity contribution in [3.63, 3.8) is 0 Å². The van der Waals surface area contributed by atoms with Crippen LogP contribution in [-0.2, 0) is 0 Å². The van der Waals surface area contributed by atoms with Crippen LogP contribution in [0.2, 0.25) is 0 Å². The molecule has 2 aromatic heterocycles. The number of hydrogen-bond donors (Lipinski definition) is 0. The summed E-state index contributed by atoms with van der Waals surface area (Å²) in [4.78, 5) is 5.09. The molecule has 0 amide bonds. The molecule has 0 bridgehead atoms. The molecule has 1 aliphatic heterocycles. The maximum absolute atomic E-state index is 5.80. The Balaban J connectivity index is 1.68. The van der Waals surface area contributed by atoms with Crippen molar-refractivity contribution in [1.82, 2.24) is 9.78 Å². The summed E-state index contributed by atoms with van der Waals surface area (Å²) in [6.07, 6.45) is 2.33. The zero-order chi connectivity index (χ0) is 22.9. The number of hydrogen-bond acceptors (Lipinski definition) is 6. The lowest BCUT2D eigenvalue weighted by Crippen LogP contribution is -2.21. The van der Waals surface area contributed by atoms with E-state index in [1.807, 2.05) is 66.2 Å². The van der Waals surface area contributed by atoms with Gasteiger partial charge in [-0.05, 0) is 55.0 Å². The van der Waals surface area contributed by atoms with E-state index >= 15 is 0 Å². The van der Waals surface area contributed by atoms with Gasteiger partial charge < -0.3 is 18.6 Å². The molecule has 0 unspecified atom stereocenters. The van der Waals surface area contributed by atoms with Gasteiger partial charge in [-0.25, -0.2) is 9.67 Å². The Morgan fingerprint density at radius 1 is 0.909 bits per heavy atom. The molecule has 1 atom stereocenters. The van der Waals surface area contributed by atoms with Crippen molar-refractivity contribution in [3.8, 4) is 28.4 Å². The van der Waals surface area contributed by atoms with Crippen molar-refractivity contribution in [3.05, 3.63) is 77.9 Å². The largest absolute Gasteiger partial charge is 0.497 e. The number of benzene rings is 2. The molecule has 33 heavy (non-hydrogen) atoms. The molecule has 5 rings (SSSR count). The quantitative estimate of drug-likeness (QED) is 0.388. The van der Waals surface area contributed by atoms with Gasteiger partial charge in [-0.3, -0.25) is 0 Å². The Bertz CT molecular complexity index is 1300. The summed E-state index contributed by atoms with van der Waals surface area (Å²) in [5, 5.41) is 4.87. The third-order valence-corrected chi connectivity index (χ3v) is 5.95. The molecule has 3 heterocycles. The fourth-order valence-electron chi connectivity index (χ4n) is 4.30. The number of rotatable bonds is 6. The van der Waals surface area contributed by atoms with Gasteiger partial charge in [-0.1, -0.05) is 12.1 Å². The van der Waals surface area contributed by atoms with Crippen LogP contribution in [0, 0.1) is 6.92 Å². The van der Waals surface area contributed by atoms with E-state index in [2.05, 4.69) is 0 Å². The first-order valence-corrected chi connectivity index (χ1v) is 10.7. The van der Waals surface area contributed by atoms with E-state index in [-0.39, 0.29) is 6.04 Å². The van der Waals surface area contributed by atoms with Gasteiger partial charge in [0.15, 0.2) is 17.3 Å². The van der Waals surface area contributed by atoms with Crippen LogP contribution in [0.3, 0.4) is 0 Å². The molecule has 7 nitrogen and oxygen atoms in total. The number of aliphatic imine (C=N–C) groups is 1. The molecule has 1 aliphatic rings. The standard InChI is InChI=1S/C26H25N3O4/c1-16-25(17-7-10-19(30-2)11-8-17)26-27-20(18-9-12-23(31-3)24(14-18)32-4)15-21(29(26)28-16)22-6-5-13-33-22/h5-14,21H,15H2,1-4H3/t21-/m1/s1. The zero-order valence-electron chi connectivity index (χ0n) is 19.0. The molecule has 7 heteroatoms. The average Bonchev–Trinajstić information content (AvgIpc) is 3.50. The first kappa shape index (κ1) is 20.9. The predicted octanol–water partition coefficient (Wildman–Crippen LogP) is 5.59. The van der Waals surface area contributed by atoms with Gasteiger partial charge >= 0.3 is 0 Å². The molecule has 168 valence electrons. The summed E-state index contributed by atoms with van der Waals surface area (Å²) in [7, 11) is 4.93. The Kier molecular flexibility index (Phi) is 5.38. The number of furan rings is 1. The first-order chi connectivity index (χ1) is 16.1. The first-order valence-electron chi connectivity index (χ1n) is 10.7. The fraction of sp³-hybridized carbons (Fsp3) is 0.231. The van der Waals surface area contributed by atoms with E-state index in [0.29, 0.717) is 17.9 Å². The Labute approximate surface area is 192 Å². The van der Waals surface area contributed by atoms with Gasteiger partial charge in [0, 0.05) is 17.5 Å². The lowest BCUT2D eigenvalue weighted by molar-refractivity contribution is 0.355. The van der Waals surface area contributed by atoms with E-state index in [0.717, 1.165) is 45.4 Å². The van der Waals surface area contributed by atoms with Crippen LogP contribution in [0.25, 0.3) is 11.1 Å². The van der Waals surface area contributed by atoms with Crippen molar-refractivity contribution in [2.45, 2.75) is 19.4 Å². The number of methoxy groups -OCH3 is 3. The second-order valence-electron chi connectivity index (χ2n) is 7.82. The summed E-state index contributed by atoms with van der Waals surface area (Å²) in [5.74, 6) is 3.79. The van der Waals surface area contributed by atoms with Crippen LogP contribution < -0.4 is 14.2 Å². The molecule has 0 aliphatic carbocycles. The van der Waals surface area contributed by atoms with Gasteiger partial charge in [0.05, 0.1) is 39.0 Å². The zero-order valence-corrected chi connectivity index (χ0v) is 19.0. The van der Waals surface area contributed by atoms with E-state index in [1.54, 1.807) is 27.6 Å². The third kappa shape index (κ3) is 3.65. The highest BCUT2D eigenvalue weighted by molar-refractivity contribution is 6.04. The van der Waals surface area contributed by atoms with E-state index in [1.165, 1.54) is 0 Å². The van der Waals surface area contributed by atoms with Gasteiger partial charge in [0.1, 0.15) is 17.6 Å². The van der Waals surface area contributed by atoms with Crippen molar-refractivity contribution >= 4 is 11.5 Å². The third-order valence-electron chi connectivity index (χ3n) is 5.95. The molecule has 0 saturated heterocycles. The lowest BCUT2D eigenvalue weighted by Gasteiger charge is -2.24. The molecule has 0 N–H and O–H groups in total. The lowest BCUT2D eigenvalue weighted by atomic mass is 9.98. The normalized spacial score (nSPS) is 15.0. The monoisotopic (exact) mass is 443 g/mol. The van der Waals surface area contributed by atoms with Crippen LogP contribution in [-0.4, -0.2) is 36.8 Å². The van der Waals surface area contributed by atoms with Crippen molar-refractivity contribution in [2.75, 3.05) is 21.3 Å². The second-order valence-corrected chi connectivity index (χ2v) is 7.82. The minimum Gasteiger partial charge on any atom is -0.497 e. The highest BCUT2D eigenvalue weighted by Gasteiger charge is 2.31. The van der Waals surface area contributed by atoms with Crippen molar-refractivity contribution in [1.29, 1.82) is 0 Å². The fourth-order valence-corrected chi connectivity index (χ4v) is 4.30. The number of aromatic nitrogens is 2. The highest BCUT2D eigenvalue weighted by atomic mass is 16.5. The smallest absolute Gasteiger partial charge is 0.161 e. The van der Waals surface area contributed by atoms with E-state index in [4.69, 9.17) is 28.7 Å². The summed E-state index contributed by atoms with van der Waals surface area (Å²) < 4.78 is 24.0. The van der Waals surface area contributed by atoms with Gasteiger partial charge in [-0.2, -0.15) is 5.10 Å². The second kappa shape index (κ2) is 8.50. The molecule has 0 fully saturated rings. The molecular weight excluding hydrogens is 418 g/mol. The average molecular weight is 444 g/mol. The minimum atomic E-state index is -0.110. The molecular formula is C26H25N3O4. The molecule has 4 aromatic rings. The van der Waals surface area contributed by atoms with Crippen LogP contribution in [0.5, 0.6) is 17.2 Å². The summed E-state index contributed by atoms with van der Waals surface area (Å²) >= 11 is 0. The Hall–Kier alpha value is -4.00. The summed E-state index contributed by atoms with van der Waals surface area (Å²) in [6, 6.07) is 17.6. The van der Waals surface area contributed by atoms with Crippen molar-refractivity contribution in [2.24, 2.45) is 4.99 Å². The number of fused-ring (bicyclic) bond motifs is 1. The maximum atomic E-state index is 5.80. The van der Waals surface area contributed by atoms with E-state index < -0.39 is 0 Å². The molecule has 0 saturated carbocycles. The topological polar surface area (TPSA) is 71.0 Å². The van der Waals surface area contributed by atoms with Crippen LogP contribution in [0.1, 0.15) is 29.5 Å². The number of nitrogens with zero attached hydrogens (tertiary/aromatic N) is 3. The van der Waals surface area contributed by atoms with Crippen LogP contribution in [0.4, 0.5) is 5.82 Å². The van der Waals surface area contributed by atoms with Crippen LogP contribution >= 0.6 is 0 Å². The van der Waals surface area contributed by atoms with Gasteiger partial charge in [0.25, 0.3) is 0 Å². The Morgan fingerprint density at radius 2 is 1.67 bits per heavy atom. The maximum Gasteiger partial charge on any atom is 0.161 e. The minimum absolute atomic E-state index is 0.110. The van der Waals surface area contributed by atoms with Gasteiger partial charge in [-0.15, -0.1) is 0 Å². The number of aryl methyl sites for hydroxylation is 1. The SMILES string of the molecule is COc1ccc(-c2c(C)nn3c2N=C(c2ccc(OC)c(OC)c2)C[C@@H]3c2ccco2)cc1. The van der Waals surface area contributed by atoms with Crippen molar-refractivity contribution < 1.29 is 18.6 Å².